The van der Waals surface area contributed by atoms with Crippen molar-refractivity contribution in [3.8, 4) is 11.5 Å². The summed E-state index contributed by atoms with van der Waals surface area (Å²) in [6.07, 6.45) is 3.52. The maximum Gasteiger partial charge on any atom is 0.294 e. The van der Waals surface area contributed by atoms with Crippen LogP contribution < -0.4 is 9.47 Å². The zero-order valence-electron chi connectivity index (χ0n) is 18.4. The molecular weight excluding hydrogens is 588 g/mol. The molecule has 0 spiro atoms. The van der Waals surface area contributed by atoms with E-state index in [1.54, 1.807) is 23.1 Å². The Bertz CT molecular complexity index is 1150. The van der Waals surface area contributed by atoms with Gasteiger partial charge in [0.1, 0.15) is 13.2 Å². The van der Waals surface area contributed by atoms with Crippen LogP contribution in [0, 0.1) is 0 Å². The number of imide groups is 1. The summed E-state index contributed by atoms with van der Waals surface area (Å²) in [5.41, 5.74) is 1.66. The van der Waals surface area contributed by atoms with Gasteiger partial charge in [-0.25, -0.2) is 0 Å². The molecular formula is C24H22Br2N2O5S. The predicted molar refractivity (Wildman–Crippen MR) is 138 cm³/mol. The Labute approximate surface area is 218 Å². The molecule has 0 saturated carbocycles. The van der Waals surface area contributed by atoms with E-state index >= 15 is 0 Å². The predicted octanol–water partition coefficient (Wildman–Crippen LogP) is 5.46. The van der Waals surface area contributed by atoms with E-state index in [9.17, 15) is 14.4 Å². The maximum atomic E-state index is 12.8. The molecule has 0 radical (unpaired) electrons. The van der Waals surface area contributed by atoms with Crippen molar-refractivity contribution in [2.24, 2.45) is 0 Å². The first-order valence-electron chi connectivity index (χ1n) is 10.6. The summed E-state index contributed by atoms with van der Waals surface area (Å²) in [6.45, 7) is 1.48. The molecule has 0 unspecified atom stereocenters. The van der Waals surface area contributed by atoms with E-state index in [1.165, 1.54) is 7.11 Å². The minimum absolute atomic E-state index is 0.197. The average molecular weight is 610 g/mol. The van der Waals surface area contributed by atoms with Crippen molar-refractivity contribution in [1.29, 1.82) is 0 Å². The van der Waals surface area contributed by atoms with Crippen molar-refractivity contribution in [2.75, 3.05) is 26.7 Å². The third-order valence-corrected chi connectivity index (χ3v) is 7.50. The molecule has 10 heteroatoms. The summed E-state index contributed by atoms with van der Waals surface area (Å²) in [4.78, 5) is 40.6. The Morgan fingerprint density at radius 3 is 2.50 bits per heavy atom. The summed E-state index contributed by atoms with van der Waals surface area (Å²) in [5, 5.41) is -0.440. The molecule has 0 aliphatic carbocycles. The van der Waals surface area contributed by atoms with Crippen LogP contribution in [0.25, 0.3) is 6.08 Å². The molecule has 2 fully saturated rings. The Balaban J connectivity index is 1.49. The van der Waals surface area contributed by atoms with Crippen LogP contribution in [0.1, 0.15) is 24.0 Å². The lowest BCUT2D eigenvalue weighted by Gasteiger charge is -2.18. The van der Waals surface area contributed by atoms with Crippen molar-refractivity contribution in [2.45, 2.75) is 19.4 Å². The van der Waals surface area contributed by atoms with Crippen molar-refractivity contribution in [3.05, 3.63) is 61.4 Å². The Morgan fingerprint density at radius 1 is 1.12 bits per heavy atom. The number of carbonyl (C=O) groups is 3. The van der Waals surface area contributed by atoms with E-state index in [-0.39, 0.29) is 17.4 Å². The van der Waals surface area contributed by atoms with Crippen LogP contribution >= 0.6 is 43.6 Å². The molecule has 2 heterocycles. The van der Waals surface area contributed by atoms with Gasteiger partial charge in [0.15, 0.2) is 11.5 Å². The lowest BCUT2D eigenvalue weighted by atomic mass is 10.1. The fourth-order valence-electron chi connectivity index (χ4n) is 3.69. The third kappa shape index (κ3) is 5.67. The topological polar surface area (TPSA) is 76.2 Å². The van der Waals surface area contributed by atoms with Crippen LogP contribution in [0.4, 0.5) is 4.79 Å². The summed E-state index contributed by atoms with van der Waals surface area (Å²) in [5.74, 6) is 0.360. The van der Waals surface area contributed by atoms with E-state index in [0.29, 0.717) is 41.2 Å². The molecule has 0 bridgehead atoms. The van der Waals surface area contributed by atoms with E-state index < -0.39 is 11.1 Å². The highest BCUT2D eigenvalue weighted by molar-refractivity contribution is 9.10. The number of benzene rings is 2. The first-order chi connectivity index (χ1) is 16.4. The van der Waals surface area contributed by atoms with Gasteiger partial charge in [0, 0.05) is 17.6 Å². The number of halogens is 2. The number of nitrogens with zero attached hydrogens (tertiary/aromatic N) is 2. The lowest BCUT2D eigenvalue weighted by molar-refractivity contribution is -0.135. The fraction of sp³-hybridized carbons (Fsp3) is 0.292. The van der Waals surface area contributed by atoms with Crippen LogP contribution in [0.5, 0.6) is 11.5 Å². The SMILES string of the molecule is COc1cc(/C=C2\SC(=O)N(CC(=O)N3CCCC3)C2=O)cc(Br)c1OCc1ccc(Br)cc1. The zero-order valence-corrected chi connectivity index (χ0v) is 22.4. The summed E-state index contributed by atoms with van der Waals surface area (Å²) in [7, 11) is 1.54. The molecule has 0 N–H and O–H groups in total. The van der Waals surface area contributed by atoms with Gasteiger partial charge in [-0.1, -0.05) is 28.1 Å². The van der Waals surface area contributed by atoms with Gasteiger partial charge >= 0.3 is 0 Å². The maximum absolute atomic E-state index is 12.8. The monoisotopic (exact) mass is 608 g/mol. The normalized spacial score (nSPS) is 17.1. The van der Waals surface area contributed by atoms with E-state index in [2.05, 4.69) is 31.9 Å². The Morgan fingerprint density at radius 2 is 1.82 bits per heavy atom. The molecule has 2 aromatic rings. The van der Waals surface area contributed by atoms with Crippen LogP contribution in [-0.4, -0.2) is 53.6 Å². The van der Waals surface area contributed by atoms with Crippen molar-refractivity contribution < 1.29 is 23.9 Å². The first kappa shape index (κ1) is 24.8. The zero-order chi connectivity index (χ0) is 24.2. The number of amides is 3. The molecule has 178 valence electrons. The molecule has 4 rings (SSSR count). The van der Waals surface area contributed by atoms with Crippen molar-refractivity contribution in [3.63, 3.8) is 0 Å². The van der Waals surface area contributed by atoms with E-state index in [4.69, 9.17) is 9.47 Å². The third-order valence-electron chi connectivity index (χ3n) is 5.47. The number of ether oxygens (including phenoxy) is 2. The molecule has 2 aromatic carbocycles. The smallest absolute Gasteiger partial charge is 0.294 e. The highest BCUT2D eigenvalue weighted by Crippen LogP contribution is 2.39. The lowest BCUT2D eigenvalue weighted by Crippen LogP contribution is -2.40. The molecule has 0 atom stereocenters. The number of methoxy groups -OCH3 is 1. The molecule has 0 aromatic heterocycles. The standard InChI is InChI=1S/C24H22Br2N2O5S/c1-32-19-11-16(10-18(26)22(19)33-14-15-4-6-17(25)7-5-15)12-20-23(30)28(24(31)34-20)13-21(29)27-8-2-3-9-27/h4-7,10-12H,2-3,8-9,13-14H2,1H3/b20-12-. The van der Waals surface area contributed by atoms with Gasteiger partial charge in [-0.05, 0) is 82.0 Å². The Hall–Kier alpha value is -2.30. The highest BCUT2D eigenvalue weighted by atomic mass is 79.9. The van der Waals surface area contributed by atoms with Crippen LogP contribution in [0.3, 0.4) is 0 Å². The van der Waals surface area contributed by atoms with Crippen LogP contribution in [0.15, 0.2) is 50.2 Å². The Kier molecular flexibility index (Phi) is 8.00. The minimum atomic E-state index is -0.465. The largest absolute Gasteiger partial charge is 0.493 e. The van der Waals surface area contributed by atoms with Crippen molar-refractivity contribution in [1.82, 2.24) is 9.80 Å². The number of likely N-dealkylation sites (tertiary alicyclic amines) is 1. The quantitative estimate of drug-likeness (QED) is 0.388. The molecule has 7 nitrogen and oxygen atoms in total. The summed E-state index contributed by atoms with van der Waals surface area (Å²) < 4.78 is 13.1. The number of thioether (sulfide) groups is 1. The molecule has 34 heavy (non-hydrogen) atoms. The molecule has 2 aliphatic heterocycles. The number of rotatable bonds is 7. The molecule has 3 amide bonds. The van der Waals surface area contributed by atoms with Crippen molar-refractivity contribution >= 4 is 66.8 Å². The van der Waals surface area contributed by atoms with Gasteiger partial charge in [-0.3, -0.25) is 19.3 Å². The molecule has 2 saturated heterocycles. The van der Waals surface area contributed by atoms with Gasteiger partial charge in [0.2, 0.25) is 5.91 Å². The fourth-order valence-corrected chi connectivity index (χ4v) is 5.37. The van der Waals surface area contributed by atoms with Gasteiger partial charge < -0.3 is 14.4 Å². The van der Waals surface area contributed by atoms with Crippen LogP contribution in [0.2, 0.25) is 0 Å². The van der Waals surface area contributed by atoms with Gasteiger partial charge in [0.05, 0.1) is 16.5 Å². The number of hydrogen-bond donors (Lipinski definition) is 0. The van der Waals surface area contributed by atoms with Crippen LogP contribution in [-0.2, 0) is 16.2 Å². The van der Waals surface area contributed by atoms with E-state index in [1.807, 2.05) is 24.3 Å². The van der Waals surface area contributed by atoms with Gasteiger partial charge in [-0.15, -0.1) is 0 Å². The summed E-state index contributed by atoms with van der Waals surface area (Å²) in [6, 6.07) is 11.3. The molecule has 2 aliphatic rings. The average Bonchev–Trinajstić information content (AvgIpc) is 3.44. The van der Waals surface area contributed by atoms with E-state index in [0.717, 1.165) is 39.5 Å². The first-order valence-corrected chi connectivity index (χ1v) is 13.0. The second kappa shape index (κ2) is 11.0. The van der Waals surface area contributed by atoms with Gasteiger partial charge in [-0.2, -0.15) is 0 Å². The highest BCUT2D eigenvalue weighted by Gasteiger charge is 2.37. The summed E-state index contributed by atoms with van der Waals surface area (Å²) >= 11 is 7.77. The second-order valence-electron chi connectivity index (χ2n) is 7.81. The minimum Gasteiger partial charge on any atom is -0.493 e. The van der Waals surface area contributed by atoms with Gasteiger partial charge in [0.25, 0.3) is 11.1 Å². The number of hydrogen-bond acceptors (Lipinski definition) is 6. The number of carbonyl (C=O) groups excluding carboxylic acids is 3. The second-order valence-corrected chi connectivity index (χ2v) is 10.6.